The van der Waals surface area contributed by atoms with Gasteiger partial charge in [0.15, 0.2) is 0 Å². The van der Waals surface area contributed by atoms with Gasteiger partial charge in [0.25, 0.3) is 0 Å². The van der Waals surface area contributed by atoms with E-state index in [9.17, 15) is 9.59 Å². The maximum atomic E-state index is 12.4. The van der Waals surface area contributed by atoms with Crippen molar-refractivity contribution in [2.24, 2.45) is 5.92 Å². The number of urea groups is 1. The van der Waals surface area contributed by atoms with Crippen molar-refractivity contribution in [2.75, 3.05) is 6.54 Å². The van der Waals surface area contributed by atoms with E-state index in [-0.39, 0.29) is 18.0 Å². The van der Waals surface area contributed by atoms with Gasteiger partial charge in [-0.2, -0.15) is 0 Å². The maximum absolute atomic E-state index is 12.4. The summed E-state index contributed by atoms with van der Waals surface area (Å²) in [6.45, 7) is 2.50. The maximum Gasteiger partial charge on any atom is 0.317 e. The highest BCUT2D eigenvalue weighted by molar-refractivity contribution is 5.76. The molecule has 120 valence electrons. The molecule has 0 aromatic heterocycles. The van der Waals surface area contributed by atoms with Gasteiger partial charge < -0.3 is 15.3 Å². The van der Waals surface area contributed by atoms with Gasteiger partial charge in [0.1, 0.15) is 0 Å². The van der Waals surface area contributed by atoms with Crippen molar-refractivity contribution >= 4 is 12.0 Å². The van der Waals surface area contributed by atoms with Crippen LogP contribution in [0.25, 0.3) is 0 Å². The average molecular weight is 296 g/mol. The standard InChI is InChI=1S/C16H28N2O3/c1-12-11-13(15(19)20)9-10-18(12)16(21)17-14-7-5-3-2-4-6-8-14/h12-14H,2-11H2,1H3,(H,17,21)(H,19,20). The van der Waals surface area contributed by atoms with Crippen LogP contribution in [0, 0.1) is 5.92 Å². The highest BCUT2D eigenvalue weighted by atomic mass is 16.4. The fourth-order valence-electron chi connectivity index (χ4n) is 3.56. The first kappa shape index (κ1) is 16.1. The zero-order valence-corrected chi connectivity index (χ0v) is 13.0. The van der Waals surface area contributed by atoms with Crippen LogP contribution in [-0.2, 0) is 4.79 Å². The molecule has 2 N–H and O–H groups in total. The van der Waals surface area contributed by atoms with Crippen LogP contribution >= 0.6 is 0 Å². The molecule has 5 nitrogen and oxygen atoms in total. The van der Waals surface area contributed by atoms with Gasteiger partial charge in [-0.25, -0.2) is 4.79 Å². The zero-order valence-electron chi connectivity index (χ0n) is 13.0. The summed E-state index contributed by atoms with van der Waals surface area (Å²) in [5, 5.41) is 12.3. The third kappa shape index (κ3) is 4.61. The molecule has 2 amide bonds. The molecule has 0 aromatic carbocycles. The van der Waals surface area contributed by atoms with E-state index in [0.717, 1.165) is 12.8 Å². The summed E-state index contributed by atoms with van der Waals surface area (Å²) >= 11 is 0. The topological polar surface area (TPSA) is 69.6 Å². The molecule has 21 heavy (non-hydrogen) atoms. The molecule has 2 atom stereocenters. The molecule has 0 radical (unpaired) electrons. The minimum atomic E-state index is -0.734. The van der Waals surface area contributed by atoms with Crippen LogP contribution in [0.15, 0.2) is 0 Å². The SMILES string of the molecule is CC1CC(C(=O)O)CCN1C(=O)NC1CCCCCCC1. The van der Waals surface area contributed by atoms with Crippen LogP contribution in [0.3, 0.4) is 0 Å². The molecule has 0 aromatic rings. The van der Waals surface area contributed by atoms with E-state index in [0.29, 0.717) is 25.4 Å². The van der Waals surface area contributed by atoms with Crippen LogP contribution in [0.5, 0.6) is 0 Å². The van der Waals surface area contributed by atoms with Crippen LogP contribution in [0.4, 0.5) is 4.79 Å². The molecule has 1 saturated carbocycles. The summed E-state index contributed by atoms with van der Waals surface area (Å²) in [5.41, 5.74) is 0. The fraction of sp³-hybridized carbons (Fsp3) is 0.875. The number of nitrogens with zero attached hydrogens (tertiary/aromatic N) is 1. The number of likely N-dealkylation sites (tertiary alicyclic amines) is 1. The third-order valence-electron chi connectivity index (χ3n) is 4.92. The van der Waals surface area contributed by atoms with E-state index in [1.54, 1.807) is 0 Å². The Labute approximate surface area is 127 Å². The minimum Gasteiger partial charge on any atom is -0.481 e. The lowest BCUT2D eigenvalue weighted by Crippen LogP contribution is -2.52. The van der Waals surface area contributed by atoms with Gasteiger partial charge in [0, 0.05) is 18.6 Å². The van der Waals surface area contributed by atoms with E-state index < -0.39 is 5.97 Å². The molecule has 1 saturated heterocycles. The Hall–Kier alpha value is -1.26. The number of carbonyl (C=O) groups excluding carboxylic acids is 1. The van der Waals surface area contributed by atoms with Gasteiger partial charge in [-0.3, -0.25) is 4.79 Å². The molecule has 2 unspecified atom stereocenters. The summed E-state index contributed by atoms with van der Waals surface area (Å²) in [4.78, 5) is 25.3. The molecular formula is C16H28N2O3. The van der Waals surface area contributed by atoms with E-state index in [4.69, 9.17) is 5.11 Å². The molecule has 2 aliphatic rings. The Bertz CT molecular complexity index is 365. The highest BCUT2D eigenvalue weighted by Crippen LogP contribution is 2.24. The first-order valence-corrected chi connectivity index (χ1v) is 8.38. The van der Waals surface area contributed by atoms with Crippen molar-refractivity contribution in [3.63, 3.8) is 0 Å². The summed E-state index contributed by atoms with van der Waals surface area (Å²) < 4.78 is 0. The van der Waals surface area contributed by atoms with E-state index >= 15 is 0 Å². The molecule has 0 bridgehead atoms. The molecule has 2 fully saturated rings. The van der Waals surface area contributed by atoms with Gasteiger partial charge in [-0.1, -0.05) is 32.1 Å². The number of carboxylic acid groups (broad SMARTS) is 1. The summed E-state index contributed by atoms with van der Waals surface area (Å²) in [5.74, 6) is -1.03. The second kappa shape index (κ2) is 7.66. The van der Waals surface area contributed by atoms with Gasteiger partial charge >= 0.3 is 12.0 Å². The zero-order chi connectivity index (χ0) is 15.2. The Morgan fingerprint density at radius 1 is 1.05 bits per heavy atom. The molecule has 5 heteroatoms. The van der Waals surface area contributed by atoms with Crippen LogP contribution in [0.1, 0.15) is 64.7 Å². The lowest BCUT2D eigenvalue weighted by molar-refractivity contribution is -0.143. The van der Waals surface area contributed by atoms with Crippen LogP contribution < -0.4 is 5.32 Å². The van der Waals surface area contributed by atoms with E-state index in [2.05, 4.69) is 5.32 Å². The lowest BCUT2D eigenvalue weighted by Gasteiger charge is -2.37. The third-order valence-corrected chi connectivity index (χ3v) is 4.92. The van der Waals surface area contributed by atoms with Crippen molar-refractivity contribution in [3.8, 4) is 0 Å². The number of piperidine rings is 1. The number of rotatable bonds is 2. The van der Waals surface area contributed by atoms with Gasteiger partial charge in [-0.05, 0) is 32.6 Å². The fourth-order valence-corrected chi connectivity index (χ4v) is 3.56. The molecule has 0 spiro atoms. The summed E-state index contributed by atoms with van der Waals surface area (Å²) in [6.07, 6.45) is 9.53. The number of aliphatic carboxylic acids is 1. The monoisotopic (exact) mass is 296 g/mol. The normalized spacial score (nSPS) is 28.5. The van der Waals surface area contributed by atoms with Crippen molar-refractivity contribution in [3.05, 3.63) is 0 Å². The smallest absolute Gasteiger partial charge is 0.317 e. The van der Waals surface area contributed by atoms with Crippen LogP contribution in [-0.4, -0.2) is 40.6 Å². The van der Waals surface area contributed by atoms with Crippen molar-refractivity contribution in [2.45, 2.75) is 76.8 Å². The Morgan fingerprint density at radius 2 is 1.67 bits per heavy atom. The highest BCUT2D eigenvalue weighted by Gasteiger charge is 2.32. The first-order chi connectivity index (χ1) is 10.1. The minimum absolute atomic E-state index is 0.00286. The second-order valence-corrected chi connectivity index (χ2v) is 6.59. The van der Waals surface area contributed by atoms with Crippen LogP contribution in [0.2, 0.25) is 0 Å². The number of carbonyl (C=O) groups is 2. The number of hydrogen-bond donors (Lipinski definition) is 2. The molecule has 1 aliphatic carbocycles. The van der Waals surface area contributed by atoms with Gasteiger partial charge in [0.2, 0.25) is 0 Å². The largest absolute Gasteiger partial charge is 0.481 e. The van der Waals surface area contributed by atoms with Crippen molar-refractivity contribution < 1.29 is 14.7 Å². The van der Waals surface area contributed by atoms with Gasteiger partial charge in [-0.15, -0.1) is 0 Å². The van der Waals surface area contributed by atoms with Crippen molar-refractivity contribution in [1.82, 2.24) is 10.2 Å². The quantitative estimate of drug-likeness (QED) is 0.823. The predicted octanol–water partition coefficient (Wildman–Crippen LogP) is 2.99. The number of nitrogens with one attached hydrogen (secondary N) is 1. The number of carboxylic acids is 1. The average Bonchev–Trinajstić information content (AvgIpc) is 2.41. The van der Waals surface area contributed by atoms with E-state index in [1.807, 2.05) is 11.8 Å². The Morgan fingerprint density at radius 3 is 2.24 bits per heavy atom. The first-order valence-electron chi connectivity index (χ1n) is 8.38. The number of hydrogen-bond acceptors (Lipinski definition) is 2. The Balaban J connectivity index is 1.83. The molecule has 2 rings (SSSR count). The number of amides is 2. The molecular weight excluding hydrogens is 268 g/mol. The Kier molecular flexibility index (Phi) is 5.88. The summed E-state index contributed by atoms with van der Waals surface area (Å²) in [7, 11) is 0. The van der Waals surface area contributed by atoms with E-state index in [1.165, 1.54) is 32.1 Å². The molecule has 1 heterocycles. The van der Waals surface area contributed by atoms with Crippen molar-refractivity contribution in [1.29, 1.82) is 0 Å². The molecule has 1 aliphatic heterocycles. The predicted molar refractivity (Wildman–Crippen MR) is 81.2 cm³/mol. The summed E-state index contributed by atoms with van der Waals surface area (Å²) in [6, 6.07) is 0.299. The lowest BCUT2D eigenvalue weighted by atomic mass is 9.92. The second-order valence-electron chi connectivity index (χ2n) is 6.59. The van der Waals surface area contributed by atoms with Gasteiger partial charge in [0.05, 0.1) is 5.92 Å².